The fourth-order valence-electron chi connectivity index (χ4n) is 3.28. The van der Waals surface area contributed by atoms with Gasteiger partial charge in [-0.2, -0.15) is 0 Å². The summed E-state index contributed by atoms with van der Waals surface area (Å²) in [6, 6.07) is 7.66. The molecular weight excluding hydrogens is 264 g/mol. The van der Waals surface area contributed by atoms with Crippen molar-refractivity contribution in [3.8, 4) is 5.75 Å². The predicted molar refractivity (Wildman–Crippen MR) is 83.5 cm³/mol. The number of hydrogen-bond donors (Lipinski definition) is 2. The lowest BCUT2D eigenvalue weighted by atomic mass is 9.92. The van der Waals surface area contributed by atoms with Gasteiger partial charge in [0.15, 0.2) is 0 Å². The summed E-state index contributed by atoms with van der Waals surface area (Å²) in [5.41, 5.74) is 1.15. The largest absolute Gasteiger partial charge is 0.494 e. The molecule has 2 fully saturated rings. The van der Waals surface area contributed by atoms with Crippen LogP contribution in [0.5, 0.6) is 5.75 Å². The Balaban J connectivity index is 1.53. The van der Waals surface area contributed by atoms with E-state index in [0.29, 0.717) is 5.41 Å². The minimum atomic E-state index is 0.180. The second-order valence-corrected chi connectivity index (χ2v) is 6.23. The summed E-state index contributed by atoms with van der Waals surface area (Å²) in [7, 11) is 0. The lowest BCUT2D eigenvalue weighted by Crippen LogP contribution is -2.31. The number of rotatable bonds is 5. The zero-order chi connectivity index (χ0) is 14.7. The molecule has 1 aliphatic carbocycles. The molecule has 114 valence electrons. The van der Waals surface area contributed by atoms with Crippen molar-refractivity contribution in [1.29, 1.82) is 0 Å². The van der Waals surface area contributed by atoms with Gasteiger partial charge in [0, 0.05) is 11.6 Å². The highest BCUT2D eigenvalue weighted by molar-refractivity contribution is 5.95. The normalized spacial score (nSPS) is 22.8. The van der Waals surface area contributed by atoms with Crippen LogP contribution in [0.3, 0.4) is 0 Å². The summed E-state index contributed by atoms with van der Waals surface area (Å²) >= 11 is 0. The monoisotopic (exact) mass is 288 g/mol. The highest BCUT2D eigenvalue weighted by Crippen LogP contribution is 2.58. The molecule has 4 heteroatoms. The molecule has 1 saturated carbocycles. The van der Waals surface area contributed by atoms with Gasteiger partial charge in [0.1, 0.15) is 5.75 Å². The SMILES string of the molecule is CCCOc1ccc(NC(=O)C2CC23CCNCC3)cc1. The molecule has 1 amide bonds. The van der Waals surface area contributed by atoms with Crippen LogP contribution in [0.1, 0.15) is 32.6 Å². The van der Waals surface area contributed by atoms with Crippen molar-refractivity contribution < 1.29 is 9.53 Å². The molecule has 1 unspecified atom stereocenters. The van der Waals surface area contributed by atoms with Crippen LogP contribution in [0.15, 0.2) is 24.3 Å². The predicted octanol–water partition coefficient (Wildman–Crippen LogP) is 2.80. The second-order valence-electron chi connectivity index (χ2n) is 6.23. The highest BCUT2D eigenvalue weighted by atomic mass is 16.5. The molecule has 3 rings (SSSR count). The average Bonchev–Trinajstić information content (AvgIpc) is 3.21. The summed E-state index contributed by atoms with van der Waals surface area (Å²) in [6.07, 6.45) is 4.32. The number of carbonyl (C=O) groups excluding carboxylic acids is 1. The molecule has 4 nitrogen and oxygen atoms in total. The molecule has 1 saturated heterocycles. The Kier molecular flexibility index (Phi) is 4.15. The van der Waals surface area contributed by atoms with Gasteiger partial charge in [0.2, 0.25) is 5.91 Å². The molecule has 2 aliphatic rings. The number of amides is 1. The maximum absolute atomic E-state index is 12.3. The topological polar surface area (TPSA) is 50.4 Å². The van der Waals surface area contributed by atoms with E-state index in [0.717, 1.165) is 56.8 Å². The maximum Gasteiger partial charge on any atom is 0.228 e. The Morgan fingerprint density at radius 2 is 2.05 bits per heavy atom. The van der Waals surface area contributed by atoms with Gasteiger partial charge in [0.25, 0.3) is 0 Å². The van der Waals surface area contributed by atoms with Crippen LogP contribution in [-0.4, -0.2) is 25.6 Å². The van der Waals surface area contributed by atoms with Gasteiger partial charge in [0.05, 0.1) is 6.61 Å². The number of piperidine rings is 1. The van der Waals surface area contributed by atoms with Gasteiger partial charge >= 0.3 is 0 Å². The van der Waals surface area contributed by atoms with E-state index in [4.69, 9.17) is 4.74 Å². The van der Waals surface area contributed by atoms with E-state index in [-0.39, 0.29) is 11.8 Å². The van der Waals surface area contributed by atoms with Crippen molar-refractivity contribution in [1.82, 2.24) is 5.32 Å². The highest BCUT2D eigenvalue weighted by Gasteiger charge is 2.57. The smallest absolute Gasteiger partial charge is 0.228 e. The van der Waals surface area contributed by atoms with E-state index in [2.05, 4.69) is 17.6 Å². The fraction of sp³-hybridized carbons (Fsp3) is 0.588. The van der Waals surface area contributed by atoms with Crippen molar-refractivity contribution in [3.05, 3.63) is 24.3 Å². The van der Waals surface area contributed by atoms with Gasteiger partial charge in [-0.05, 0) is 68.5 Å². The van der Waals surface area contributed by atoms with E-state index in [9.17, 15) is 4.79 Å². The molecule has 1 aromatic rings. The first-order valence-electron chi connectivity index (χ1n) is 7.98. The van der Waals surface area contributed by atoms with Crippen LogP contribution >= 0.6 is 0 Å². The minimum Gasteiger partial charge on any atom is -0.494 e. The number of carbonyl (C=O) groups is 1. The Hall–Kier alpha value is -1.55. The molecular formula is C17H24N2O2. The minimum absolute atomic E-state index is 0.180. The molecule has 0 aromatic heterocycles. The van der Waals surface area contributed by atoms with Gasteiger partial charge in [-0.25, -0.2) is 0 Å². The molecule has 1 aliphatic heterocycles. The van der Waals surface area contributed by atoms with Crippen molar-refractivity contribution in [2.75, 3.05) is 25.0 Å². The molecule has 0 bridgehead atoms. The van der Waals surface area contributed by atoms with Crippen LogP contribution in [0.25, 0.3) is 0 Å². The Morgan fingerprint density at radius 1 is 1.33 bits per heavy atom. The maximum atomic E-state index is 12.3. The fourth-order valence-corrected chi connectivity index (χ4v) is 3.28. The molecule has 1 spiro atoms. The standard InChI is InChI=1S/C17H24N2O2/c1-2-11-21-14-5-3-13(4-6-14)19-16(20)15-12-17(15)7-9-18-10-8-17/h3-6,15,18H,2,7-12H2,1H3,(H,19,20). The lowest BCUT2D eigenvalue weighted by molar-refractivity contribution is -0.118. The first-order valence-corrected chi connectivity index (χ1v) is 7.98. The van der Waals surface area contributed by atoms with Crippen LogP contribution < -0.4 is 15.4 Å². The van der Waals surface area contributed by atoms with E-state index in [1.807, 2.05) is 24.3 Å². The zero-order valence-corrected chi connectivity index (χ0v) is 12.7. The van der Waals surface area contributed by atoms with Crippen molar-refractivity contribution >= 4 is 11.6 Å². The van der Waals surface area contributed by atoms with Gasteiger partial charge < -0.3 is 15.4 Å². The van der Waals surface area contributed by atoms with E-state index in [1.54, 1.807) is 0 Å². The zero-order valence-electron chi connectivity index (χ0n) is 12.7. The number of benzene rings is 1. The third-order valence-corrected chi connectivity index (χ3v) is 4.70. The molecule has 1 atom stereocenters. The van der Waals surface area contributed by atoms with Gasteiger partial charge in [-0.1, -0.05) is 6.92 Å². The number of anilines is 1. The van der Waals surface area contributed by atoms with Crippen molar-refractivity contribution in [3.63, 3.8) is 0 Å². The van der Waals surface area contributed by atoms with Gasteiger partial charge in [-0.15, -0.1) is 0 Å². The third kappa shape index (κ3) is 3.21. The van der Waals surface area contributed by atoms with Crippen LogP contribution in [0.4, 0.5) is 5.69 Å². The second kappa shape index (κ2) is 6.06. The number of nitrogens with one attached hydrogen (secondary N) is 2. The van der Waals surface area contributed by atoms with Crippen LogP contribution in [0.2, 0.25) is 0 Å². The lowest BCUT2D eigenvalue weighted by Gasteiger charge is -2.23. The third-order valence-electron chi connectivity index (χ3n) is 4.70. The van der Waals surface area contributed by atoms with Crippen molar-refractivity contribution in [2.24, 2.45) is 11.3 Å². The summed E-state index contributed by atoms with van der Waals surface area (Å²) in [5, 5.41) is 6.41. The molecule has 2 N–H and O–H groups in total. The Bertz CT molecular complexity index is 492. The molecule has 21 heavy (non-hydrogen) atoms. The van der Waals surface area contributed by atoms with E-state index >= 15 is 0 Å². The van der Waals surface area contributed by atoms with Crippen molar-refractivity contribution in [2.45, 2.75) is 32.6 Å². The first kappa shape index (κ1) is 14.4. The molecule has 1 aromatic carbocycles. The molecule has 0 radical (unpaired) electrons. The summed E-state index contributed by atoms with van der Waals surface area (Å²) in [4.78, 5) is 12.3. The summed E-state index contributed by atoms with van der Waals surface area (Å²) in [5.74, 6) is 1.24. The van der Waals surface area contributed by atoms with Crippen LogP contribution in [-0.2, 0) is 4.79 Å². The van der Waals surface area contributed by atoms with Crippen LogP contribution in [0, 0.1) is 11.3 Å². The summed E-state index contributed by atoms with van der Waals surface area (Å²) in [6.45, 7) is 4.91. The average molecular weight is 288 g/mol. The Morgan fingerprint density at radius 3 is 2.71 bits per heavy atom. The first-order chi connectivity index (χ1) is 10.2. The van der Waals surface area contributed by atoms with E-state index < -0.39 is 0 Å². The molecule has 1 heterocycles. The quantitative estimate of drug-likeness (QED) is 0.876. The van der Waals surface area contributed by atoms with Gasteiger partial charge in [-0.3, -0.25) is 4.79 Å². The number of ether oxygens (including phenoxy) is 1. The Labute approximate surface area is 126 Å². The number of hydrogen-bond acceptors (Lipinski definition) is 3. The summed E-state index contributed by atoms with van der Waals surface area (Å²) < 4.78 is 5.55. The van der Waals surface area contributed by atoms with E-state index in [1.165, 1.54) is 0 Å².